The number of ether oxygens (including phenoxy) is 1. The number of carbonyl (C=O) groups is 1. The van der Waals surface area contributed by atoms with Gasteiger partial charge < -0.3 is 4.74 Å². The van der Waals surface area contributed by atoms with Crippen molar-refractivity contribution in [3.63, 3.8) is 0 Å². The Labute approximate surface area is 96.8 Å². The van der Waals surface area contributed by atoms with Gasteiger partial charge in [0.1, 0.15) is 6.07 Å². The van der Waals surface area contributed by atoms with Crippen molar-refractivity contribution in [2.45, 2.75) is 13.8 Å². The van der Waals surface area contributed by atoms with Crippen LogP contribution in [0.2, 0.25) is 0 Å². The summed E-state index contributed by atoms with van der Waals surface area (Å²) in [5, 5.41) is 8.97. The van der Waals surface area contributed by atoms with E-state index in [2.05, 4.69) is 20.7 Å². The van der Waals surface area contributed by atoms with Gasteiger partial charge in [0.2, 0.25) is 0 Å². The first-order chi connectivity index (χ1) is 7.02. The van der Waals surface area contributed by atoms with E-state index >= 15 is 0 Å². The Balaban J connectivity index is 3.54. The minimum Gasteiger partial charge on any atom is -0.465 e. The van der Waals surface area contributed by atoms with Crippen LogP contribution in [0.15, 0.2) is 10.5 Å². The maximum atomic E-state index is 11.4. The van der Waals surface area contributed by atoms with E-state index in [0.717, 1.165) is 11.1 Å². The van der Waals surface area contributed by atoms with Crippen molar-refractivity contribution >= 4 is 21.9 Å². The van der Waals surface area contributed by atoms with Crippen molar-refractivity contribution in [3.05, 3.63) is 32.8 Å². The lowest BCUT2D eigenvalue weighted by atomic mass is 10.0. The van der Waals surface area contributed by atoms with E-state index in [0.29, 0.717) is 15.6 Å². The fourth-order valence-corrected chi connectivity index (χ4v) is 1.87. The van der Waals surface area contributed by atoms with E-state index in [1.807, 2.05) is 19.9 Å². The van der Waals surface area contributed by atoms with Crippen molar-refractivity contribution in [1.29, 1.82) is 5.26 Å². The quantitative estimate of drug-likeness (QED) is 0.736. The average Bonchev–Trinajstić information content (AvgIpc) is 2.24. The Bertz CT molecular complexity index is 461. The summed E-state index contributed by atoms with van der Waals surface area (Å²) in [5.41, 5.74) is 2.53. The molecule has 4 heteroatoms. The Morgan fingerprint density at radius 3 is 2.60 bits per heavy atom. The number of esters is 1. The molecule has 0 spiro atoms. The molecule has 0 heterocycles. The summed E-state index contributed by atoms with van der Waals surface area (Å²) in [4.78, 5) is 11.4. The second kappa shape index (κ2) is 4.45. The molecule has 78 valence electrons. The van der Waals surface area contributed by atoms with Gasteiger partial charge in [-0.15, -0.1) is 0 Å². The predicted octanol–water partition coefficient (Wildman–Crippen LogP) is 2.72. The van der Waals surface area contributed by atoms with E-state index < -0.39 is 5.97 Å². The maximum Gasteiger partial charge on any atom is 0.339 e. The Kier molecular flexibility index (Phi) is 3.48. The number of rotatable bonds is 1. The molecule has 0 aromatic heterocycles. The number of methoxy groups -OCH3 is 1. The zero-order valence-electron chi connectivity index (χ0n) is 8.72. The molecule has 0 N–H and O–H groups in total. The number of hydrogen-bond donors (Lipinski definition) is 0. The fourth-order valence-electron chi connectivity index (χ4n) is 1.26. The van der Waals surface area contributed by atoms with E-state index in [-0.39, 0.29) is 0 Å². The lowest BCUT2D eigenvalue weighted by Crippen LogP contribution is -2.06. The van der Waals surface area contributed by atoms with Crippen molar-refractivity contribution in [2.75, 3.05) is 7.11 Å². The first-order valence-corrected chi connectivity index (χ1v) is 5.10. The summed E-state index contributed by atoms with van der Waals surface area (Å²) in [6, 6.07) is 3.67. The number of nitrogens with zero attached hydrogens (tertiary/aromatic N) is 1. The minimum absolute atomic E-state index is 0.301. The van der Waals surface area contributed by atoms with Gasteiger partial charge in [-0.05, 0) is 47.0 Å². The van der Waals surface area contributed by atoms with Crippen molar-refractivity contribution < 1.29 is 9.53 Å². The zero-order valence-corrected chi connectivity index (χ0v) is 10.3. The molecule has 0 fully saturated rings. The summed E-state index contributed by atoms with van der Waals surface area (Å²) >= 11 is 3.31. The molecule has 0 aliphatic carbocycles. The molecule has 15 heavy (non-hydrogen) atoms. The van der Waals surface area contributed by atoms with Crippen LogP contribution >= 0.6 is 15.9 Å². The van der Waals surface area contributed by atoms with Crippen molar-refractivity contribution in [1.82, 2.24) is 0 Å². The molecule has 1 aromatic carbocycles. The third-order valence-electron chi connectivity index (χ3n) is 2.29. The minimum atomic E-state index is -0.490. The van der Waals surface area contributed by atoms with Gasteiger partial charge >= 0.3 is 5.97 Å². The summed E-state index contributed by atoms with van der Waals surface area (Å²) < 4.78 is 5.28. The van der Waals surface area contributed by atoms with Gasteiger partial charge in [-0.1, -0.05) is 0 Å². The standard InChI is InChI=1S/C11H10BrNO2/c1-6-4-8(11(14)15-3)9(5-13)10(12)7(6)2/h4H,1-3H3. The number of aryl methyl sites for hydroxylation is 1. The topological polar surface area (TPSA) is 50.1 Å². The van der Waals surface area contributed by atoms with Crippen LogP contribution in [-0.4, -0.2) is 13.1 Å². The molecular formula is C11H10BrNO2. The molecule has 0 aliphatic heterocycles. The summed E-state index contributed by atoms with van der Waals surface area (Å²) in [5.74, 6) is -0.490. The molecule has 1 aromatic rings. The maximum absolute atomic E-state index is 11.4. The van der Waals surface area contributed by atoms with E-state index in [9.17, 15) is 4.79 Å². The number of benzene rings is 1. The van der Waals surface area contributed by atoms with Gasteiger partial charge in [-0.2, -0.15) is 5.26 Å². The molecule has 0 amide bonds. The molecular weight excluding hydrogens is 258 g/mol. The van der Waals surface area contributed by atoms with Gasteiger partial charge in [-0.25, -0.2) is 4.79 Å². The highest BCUT2D eigenvalue weighted by Crippen LogP contribution is 2.27. The zero-order chi connectivity index (χ0) is 11.6. The van der Waals surface area contributed by atoms with Crippen LogP contribution in [0.3, 0.4) is 0 Å². The molecule has 0 radical (unpaired) electrons. The van der Waals surface area contributed by atoms with Crippen LogP contribution in [-0.2, 0) is 4.74 Å². The molecule has 0 atom stereocenters. The van der Waals surface area contributed by atoms with Crippen LogP contribution in [0, 0.1) is 25.2 Å². The second-order valence-electron chi connectivity index (χ2n) is 3.16. The number of carbonyl (C=O) groups excluding carboxylic acids is 1. The third-order valence-corrected chi connectivity index (χ3v) is 3.28. The molecule has 0 saturated carbocycles. The van der Waals surface area contributed by atoms with Crippen LogP contribution in [0.4, 0.5) is 0 Å². The van der Waals surface area contributed by atoms with Crippen LogP contribution in [0.25, 0.3) is 0 Å². The first kappa shape index (κ1) is 11.7. The monoisotopic (exact) mass is 267 g/mol. The Hall–Kier alpha value is -1.34. The van der Waals surface area contributed by atoms with Gasteiger partial charge in [0, 0.05) is 4.47 Å². The lowest BCUT2D eigenvalue weighted by molar-refractivity contribution is 0.0600. The smallest absolute Gasteiger partial charge is 0.339 e. The predicted molar refractivity (Wildman–Crippen MR) is 59.7 cm³/mol. The van der Waals surface area contributed by atoms with Crippen LogP contribution in [0.5, 0.6) is 0 Å². The van der Waals surface area contributed by atoms with E-state index in [1.54, 1.807) is 6.07 Å². The molecule has 0 bridgehead atoms. The number of nitriles is 1. The lowest BCUT2D eigenvalue weighted by Gasteiger charge is -2.09. The molecule has 0 unspecified atom stereocenters. The SMILES string of the molecule is COC(=O)c1cc(C)c(C)c(Br)c1C#N. The average molecular weight is 268 g/mol. The van der Waals surface area contributed by atoms with Gasteiger partial charge in [0.25, 0.3) is 0 Å². The van der Waals surface area contributed by atoms with Crippen molar-refractivity contribution in [2.24, 2.45) is 0 Å². The normalized spacial score (nSPS) is 9.53. The van der Waals surface area contributed by atoms with Gasteiger partial charge in [-0.3, -0.25) is 0 Å². The largest absolute Gasteiger partial charge is 0.465 e. The highest BCUT2D eigenvalue weighted by atomic mass is 79.9. The number of halogens is 1. The van der Waals surface area contributed by atoms with Gasteiger partial charge in [0.15, 0.2) is 0 Å². The summed E-state index contributed by atoms with van der Waals surface area (Å²) in [6.45, 7) is 3.77. The molecule has 1 rings (SSSR count). The third kappa shape index (κ3) is 2.02. The van der Waals surface area contributed by atoms with E-state index in [1.165, 1.54) is 7.11 Å². The highest BCUT2D eigenvalue weighted by molar-refractivity contribution is 9.10. The summed E-state index contributed by atoms with van der Waals surface area (Å²) in [7, 11) is 1.30. The highest BCUT2D eigenvalue weighted by Gasteiger charge is 2.17. The van der Waals surface area contributed by atoms with Crippen LogP contribution in [0.1, 0.15) is 27.0 Å². The second-order valence-corrected chi connectivity index (χ2v) is 3.95. The van der Waals surface area contributed by atoms with Gasteiger partial charge in [0.05, 0.1) is 18.2 Å². The number of hydrogen-bond acceptors (Lipinski definition) is 3. The van der Waals surface area contributed by atoms with E-state index in [4.69, 9.17) is 5.26 Å². The Morgan fingerprint density at radius 2 is 2.13 bits per heavy atom. The van der Waals surface area contributed by atoms with Crippen LogP contribution < -0.4 is 0 Å². The molecule has 0 aliphatic rings. The Morgan fingerprint density at radius 1 is 1.53 bits per heavy atom. The molecule has 0 saturated heterocycles. The summed E-state index contributed by atoms with van der Waals surface area (Å²) in [6.07, 6.45) is 0. The molecule has 3 nitrogen and oxygen atoms in total. The van der Waals surface area contributed by atoms with Crippen molar-refractivity contribution in [3.8, 4) is 6.07 Å². The first-order valence-electron chi connectivity index (χ1n) is 4.31. The fraction of sp³-hybridized carbons (Fsp3) is 0.273.